The van der Waals surface area contributed by atoms with Crippen molar-refractivity contribution in [3.63, 3.8) is 0 Å². The highest BCUT2D eigenvalue weighted by atomic mass is 35.5. The fourth-order valence-electron chi connectivity index (χ4n) is 5.73. The molecule has 6 nitrogen and oxygen atoms in total. The van der Waals surface area contributed by atoms with Crippen LogP contribution in [0.3, 0.4) is 0 Å². The first-order valence-electron chi connectivity index (χ1n) is 14.0. The van der Waals surface area contributed by atoms with Crippen molar-refractivity contribution in [2.24, 2.45) is 17.6 Å². The molecular formula is C31H43Cl2N3O3S2. The van der Waals surface area contributed by atoms with Gasteiger partial charge in [0.25, 0.3) is 0 Å². The highest BCUT2D eigenvalue weighted by Gasteiger charge is 2.30. The second-order valence-corrected chi connectivity index (χ2v) is 13.9. The van der Waals surface area contributed by atoms with E-state index in [0.29, 0.717) is 35.2 Å². The topological polar surface area (TPSA) is 75.9 Å². The number of thioether (sulfide) groups is 2. The second-order valence-electron chi connectivity index (χ2n) is 11.0. The monoisotopic (exact) mass is 639 g/mol. The first-order valence-corrected chi connectivity index (χ1v) is 17.1. The fraction of sp³-hybridized carbons (Fsp3) is 0.548. The zero-order valence-electron chi connectivity index (χ0n) is 24.3. The molecule has 10 heteroatoms. The van der Waals surface area contributed by atoms with Crippen LogP contribution in [0.2, 0.25) is 10.0 Å². The van der Waals surface area contributed by atoms with Crippen molar-refractivity contribution in [3.8, 4) is 0 Å². The zero-order chi connectivity index (χ0) is 29.8. The number of likely N-dealkylation sites (tertiary alicyclic amines) is 2. The van der Waals surface area contributed by atoms with Gasteiger partial charge in [0, 0.05) is 23.1 Å². The van der Waals surface area contributed by atoms with Crippen LogP contribution in [0, 0.1) is 11.8 Å². The maximum absolute atomic E-state index is 11.2. The molecule has 4 atom stereocenters. The van der Waals surface area contributed by atoms with Crippen LogP contribution >= 0.6 is 46.7 Å². The summed E-state index contributed by atoms with van der Waals surface area (Å²) in [5, 5.41) is 1.56. The summed E-state index contributed by atoms with van der Waals surface area (Å²) in [7, 11) is 5.76. The predicted octanol–water partition coefficient (Wildman–Crippen LogP) is 5.88. The molecule has 2 aromatic carbocycles. The minimum atomic E-state index is -0.234. The van der Waals surface area contributed by atoms with Gasteiger partial charge >= 0.3 is 5.97 Å². The Morgan fingerprint density at radius 3 is 1.61 bits per heavy atom. The maximum Gasteiger partial charge on any atom is 0.315 e. The molecule has 2 aromatic rings. The van der Waals surface area contributed by atoms with Gasteiger partial charge in [0.15, 0.2) is 0 Å². The molecule has 2 aliphatic heterocycles. The number of nitrogens with two attached hydrogens (primary N) is 1. The van der Waals surface area contributed by atoms with Crippen LogP contribution in [0.5, 0.6) is 0 Å². The van der Waals surface area contributed by atoms with Crippen LogP contribution < -0.4 is 5.73 Å². The van der Waals surface area contributed by atoms with Crippen molar-refractivity contribution in [2.45, 2.75) is 24.7 Å². The Morgan fingerprint density at radius 2 is 1.22 bits per heavy atom. The molecular weight excluding hydrogens is 597 g/mol. The van der Waals surface area contributed by atoms with Crippen LogP contribution in [0.1, 0.15) is 35.8 Å². The lowest BCUT2D eigenvalue weighted by Gasteiger charge is -2.37. The lowest BCUT2D eigenvalue weighted by molar-refractivity contribution is -0.137. The number of carbonyl (C=O) groups is 2. The van der Waals surface area contributed by atoms with E-state index in [1.807, 2.05) is 24.3 Å². The van der Waals surface area contributed by atoms with Crippen molar-refractivity contribution >= 4 is 58.6 Å². The number of piperidine rings is 2. The van der Waals surface area contributed by atoms with Crippen LogP contribution in [-0.2, 0) is 14.3 Å². The molecule has 2 saturated heterocycles. The molecule has 0 unspecified atom stereocenters. The molecule has 2 heterocycles. The van der Waals surface area contributed by atoms with Gasteiger partial charge in [0.2, 0.25) is 5.91 Å². The SMILES string of the molecule is CN1CC[C@H](c2ccc(Cl)cc2)[C@@H](CSCC(N)=O)C1.COC(=O)CSC[C@H]1CN(C)CC[C@@H]1c1ccc(Cl)cc1. The predicted molar refractivity (Wildman–Crippen MR) is 175 cm³/mol. The number of hydrogen-bond donors (Lipinski definition) is 1. The van der Waals surface area contributed by atoms with E-state index in [1.165, 1.54) is 18.2 Å². The van der Waals surface area contributed by atoms with E-state index in [0.717, 1.165) is 60.6 Å². The number of ether oxygens (including phenoxy) is 1. The average molecular weight is 641 g/mol. The number of benzene rings is 2. The quantitative estimate of drug-likeness (QED) is 0.326. The zero-order valence-corrected chi connectivity index (χ0v) is 27.4. The lowest BCUT2D eigenvalue weighted by Crippen LogP contribution is -2.38. The molecule has 0 bridgehead atoms. The maximum atomic E-state index is 11.2. The standard InChI is InChI=1S/C16H22ClNO2S.C15H21ClN2OS/c1-18-8-7-15(12-3-5-14(17)6-4-12)13(9-18)10-21-11-16(19)20-2;1-18-7-6-14(11-2-4-13(16)5-3-11)12(8-18)9-20-10-15(17)19/h3-6,13,15H,7-11H2,1-2H3;2-5,12,14H,6-10H2,1H3,(H2,17,19)/t13-,15-;12-,14-/m11/s1. The summed E-state index contributed by atoms with van der Waals surface area (Å²) in [6.45, 7) is 4.37. The van der Waals surface area contributed by atoms with Crippen molar-refractivity contribution in [2.75, 3.05) is 70.4 Å². The molecule has 41 heavy (non-hydrogen) atoms. The van der Waals surface area contributed by atoms with Gasteiger partial charge in [-0.25, -0.2) is 0 Å². The summed E-state index contributed by atoms with van der Waals surface area (Å²) in [6.07, 6.45) is 2.31. The number of carbonyl (C=O) groups excluding carboxylic acids is 2. The molecule has 1 amide bonds. The van der Waals surface area contributed by atoms with Gasteiger partial charge in [-0.3, -0.25) is 9.59 Å². The minimum absolute atomic E-state index is 0.146. The van der Waals surface area contributed by atoms with E-state index in [2.05, 4.69) is 48.2 Å². The number of primary amides is 1. The van der Waals surface area contributed by atoms with Gasteiger partial charge in [0.1, 0.15) is 0 Å². The molecule has 2 fully saturated rings. The van der Waals surface area contributed by atoms with E-state index < -0.39 is 0 Å². The number of rotatable bonds is 10. The number of halogens is 2. The second kappa shape index (κ2) is 17.6. The Morgan fingerprint density at radius 1 is 0.805 bits per heavy atom. The summed E-state index contributed by atoms with van der Waals surface area (Å²) in [5.41, 5.74) is 7.92. The van der Waals surface area contributed by atoms with Crippen LogP contribution in [0.15, 0.2) is 48.5 Å². The normalized spacial score (nSPS) is 23.3. The molecule has 0 aromatic heterocycles. The molecule has 0 saturated carbocycles. The summed E-state index contributed by atoms with van der Waals surface area (Å²) < 4.78 is 4.70. The van der Waals surface area contributed by atoms with Gasteiger partial charge in [-0.2, -0.15) is 11.8 Å². The first kappa shape index (κ1) is 34.1. The summed E-state index contributed by atoms with van der Waals surface area (Å²) in [5.74, 6) is 4.62. The van der Waals surface area contributed by atoms with Gasteiger partial charge in [-0.15, -0.1) is 11.8 Å². The van der Waals surface area contributed by atoms with E-state index in [9.17, 15) is 9.59 Å². The molecule has 2 N–H and O–H groups in total. The van der Waals surface area contributed by atoms with Crippen molar-refractivity contribution in [1.29, 1.82) is 0 Å². The van der Waals surface area contributed by atoms with E-state index in [4.69, 9.17) is 33.7 Å². The number of amides is 1. The van der Waals surface area contributed by atoms with Crippen molar-refractivity contribution < 1.29 is 14.3 Å². The Balaban J connectivity index is 0.000000226. The summed E-state index contributed by atoms with van der Waals surface area (Å²) in [6, 6.07) is 16.4. The Labute approximate surface area is 264 Å². The van der Waals surface area contributed by atoms with Crippen molar-refractivity contribution in [3.05, 3.63) is 69.7 Å². The molecule has 226 valence electrons. The average Bonchev–Trinajstić information content (AvgIpc) is 2.94. The molecule has 2 aliphatic rings. The summed E-state index contributed by atoms with van der Waals surface area (Å²) >= 11 is 15.3. The number of esters is 1. The Hall–Kier alpha value is -1.42. The van der Waals surface area contributed by atoms with Crippen molar-refractivity contribution in [1.82, 2.24) is 9.80 Å². The smallest absolute Gasteiger partial charge is 0.315 e. The molecule has 4 rings (SSSR count). The number of methoxy groups -OCH3 is 1. The van der Waals surface area contributed by atoms with Gasteiger partial charge < -0.3 is 20.3 Å². The van der Waals surface area contributed by atoms with Crippen LogP contribution in [0.25, 0.3) is 0 Å². The van der Waals surface area contributed by atoms with E-state index in [1.54, 1.807) is 23.5 Å². The van der Waals surface area contributed by atoms with Gasteiger partial charge in [-0.05, 0) is 111 Å². The third kappa shape index (κ3) is 11.6. The highest BCUT2D eigenvalue weighted by molar-refractivity contribution is 8.00. The first-order chi connectivity index (χ1) is 19.7. The Bertz CT molecular complexity index is 1090. The molecule has 0 radical (unpaired) electrons. The fourth-order valence-corrected chi connectivity index (χ4v) is 7.98. The highest BCUT2D eigenvalue weighted by Crippen LogP contribution is 2.36. The number of hydrogen-bond acceptors (Lipinski definition) is 7. The van der Waals surface area contributed by atoms with Crippen LogP contribution in [0.4, 0.5) is 0 Å². The van der Waals surface area contributed by atoms with E-state index in [-0.39, 0.29) is 11.9 Å². The van der Waals surface area contributed by atoms with E-state index >= 15 is 0 Å². The third-order valence-electron chi connectivity index (χ3n) is 7.83. The largest absolute Gasteiger partial charge is 0.468 e. The molecule has 0 spiro atoms. The third-order valence-corrected chi connectivity index (χ3v) is 10.6. The van der Waals surface area contributed by atoms with Gasteiger partial charge in [-0.1, -0.05) is 47.5 Å². The summed E-state index contributed by atoms with van der Waals surface area (Å²) in [4.78, 5) is 26.8. The lowest BCUT2D eigenvalue weighted by atomic mass is 9.81. The van der Waals surface area contributed by atoms with Crippen LogP contribution in [-0.4, -0.2) is 92.1 Å². The Kier molecular flexibility index (Phi) is 14.7. The van der Waals surface area contributed by atoms with Gasteiger partial charge in [0.05, 0.1) is 18.6 Å². The minimum Gasteiger partial charge on any atom is -0.468 e. The molecule has 0 aliphatic carbocycles. The number of nitrogens with zero attached hydrogens (tertiary/aromatic N) is 2.